The molecule has 1 aromatic carbocycles. The Morgan fingerprint density at radius 1 is 1.22 bits per heavy atom. The Hall–Kier alpha value is -2.33. The fourth-order valence-corrected chi connectivity index (χ4v) is 2.48. The molecule has 2 rings (SSSR count). The normalized spacial score (nSPS) is 13.4. The largest absolute Gasteiger partial charge is 0.466 e. The van der Waals surface area contributed by atoms with Crippen LogP contribution in [0.1, 0.15) is 10.4 Å². The van der Waals surface area contributed by atoms with Gasteiger partial charge in [0.15, 0.2) is 0 Å². The number of nitrogens with one attached hydrogen (secondary N) is 2. The van der Waals surface area contributed by atoms with E-state index >= 15 is 0 Å². The van der Waals surface area contributed by atoms with Crippen molar-refractivity contribution < 1.29 is 27.5 Å². The number of anilines is 1. The van der Waals surface area contributed by atoms with Gasteiger partial charge in [-0.25, -0.2) is 9.78 Å². The summed E-state index contributed by atoms with van der Waals surface area (Å²) in [5.41, 5.74) is -3.74. The molecule has 0 aliphatic rings. The zero-order valence-electron chi connectivity index (χ0n) is 13.6. The number of ether oxygens (including phenoxy) is 1. The first-order valence-electron chi connectivity index (χ1n) is 7.22. The fourth-order valence-electron chi connectivity index (χ4n) is 2.06. The number of esters is 1. The standard InChI is InChI=1S/C16H12BrClF3N3O3/c1-27-14(26)15(16(19,20)21,23-12-6-5-10(17)8-22-12)24-13(25)9-3-2-4-11(18)7-9/h2-8H,1H3,(H,22,23)(H,24,25)/t15-/m1/s1. The summed E-state index contributed by atoms with van der Waals surface area (Å²) in [4.78, 5) is 28.2. The minimum absolute atomic E-state index is 0.140. The monoisotopic (exact) mass is 465 g/mol. The lowest BCUT2D eigenvalue weighted by atomic mass is 10.1. The number of hydrogen-bond acceptors (Lipinski definition) is 5. The van der Waals surface area contributed by atoms with Gasteiger partial charge in [0.1, 0.15) is 5.82 Å². The van der Waals surface area contributed by atoms with Crippen molar-refractivity contribution in [1.29, 1.82) is 0 Å². The molecule has 144 valence electrons. The van der Waals surface area contributed by atoms with Crippen LogP contribution < -0.4 is 10.6 Å². The minimum Gasteiger partial charge on any atom is -0.466 e. The molecule has 27 heavy (non-hydrogen) atoms. The molecule has 0 saturated carbocycles. The minimum atomic E-state index is -5.26. The van der Waals surface area contributed by atoms with E-state index < -0.39 is 23.7 Å². The molecule has 6 nitrogen and oxygen atoms in total. The van der Waals surface area contributed by atoms with Gasteiger partial charge in [-0.3, -0.25) is 4.79 Å². The third-order valence-corrected chi connectivity index (χ3v) is 4.05. The number of halogens is 5. The van der Waals surface area contributed by atoms with Crippen molar-refractivity contribution in [2.75, 3.05) is 12.4 Å². The van der Waals surface area contributed by atoms with Crippen LogP contribution in [0, 0.1) is 0 Å². The van der Waals surface area contributed by atoms with Gasteiger partial charge in [-0.2, -0.15) is 13.2 Å². The lowest BCUT2D eigenvalue weighted by Crippen LogP contribution is -2.69. The Kier molecular flexibility index (Phi) is 6.32. The number of carbonyl (C=O) groups is 2. The van der Waals surface area contributed by atoms with Gasteiger partial charge < -0.3 is 15.4 Å². The number of amides is 1. The summed E-state index contributed by atoms with van der Waals surface area (Å²) in [6.45, 7) is 0. The number of hydrogen-bond donors (Lipinski definition) is 2. The van der Waals surface area contributed by atoms with E-state index in [2.05, 4.69) is 25.7 Å². The second-order valence-corrected chi connectivity index (χ2v) is 6.54. The SMILES string of the molecule is COC(=O)[C@](NC(=O)c1cccc(Cl)c1)(Nc1ccc(Br)cn1)C(F)(F)F. The average Bonchev–Trinajstić information content (AvgIpc) is 2.61. The van der Waals surface area contributed by atoms with E-state index in [1.807, 2.05) is 5.32 Å². The summed E-state index contributed by atoms with van der Waals surface area (Å²) in [5, 5.41) is 3.74. The molecule has 1 aromatic heterocycles. The molecule has 0 fully saturated rings. The Morgan fingerprint density at radius 3 is 2.44 bits per heavy atom. The quantitative estimate of drug-likeness (QED) is 0.518. The highest BCUT2D eigenvalue weighted by atomic mass is 79.9. The van der Waals surface area contributed by atoms with Crippen LogP contribution in [0.2, 0.25) is 5.02 Å². The van der Waals surface area contributed by atoms with Gasteiger partial charge in [-0.15, -0.1) is 0 Å². The second kappa shape index (κ2) is 8.13. The maximum atomic E-state index is 13.9. The second-order valence-electron chi connectivity index (χ2n) is 5.19. The molecule has 2 N–H and O–H groups in total. The third-order valence-electron chi connectivity index (χ3n) is 3.35. The molecule has 2 aromatic rings. The van der Waals surface area contributed by atoms with Crippen molar-refractivity contribution in [2.24, 2.45) is 0 Å². The zero-order valence-corrected chi connectivity index (χ0v) is 15.9. The molecular weight excluding hydrogens is 455 g/mol. The van der Waals surface area contributed by atoms with Crippen LogP contribution in [0.3, 0.4) is 0 Å². The highest BCUT2D eigenvalue weighted by Crippen LogP contribution is 2.33. The maximum Gasteiger partial charge on any atom is 0.441 e. The van der Waals surface area contributed by atoms with Gasteiger partial charge in [0.25, 0.3) is 5.91 Å². The molecule has 0 unspecified atom stereocenters. The summed E-state index contributed by atoms with van der Waals surface area (Å²) >= 11 is 8.86. The summed E-state index contributed by atoms with van der Waals surface area (Å²) in [6.07, 6.45) is -4.04. The Morgan fingerprint density at radius 2 is 1.93 bits per heavy atom. The molecule has 0 aliphatic heterocycles. The summed E-state index contributed by atoms with van der Waals surface area (Å²) in [5.74, 6) is -3.27. The lowest BCUT2D eigenvalue weighted by Gasteiger charge is -2.34. The molecule has 0 saturated heterocycles. The lowest BCUT2D eigenvalue weighted by molar-refractivity contribution is -0.203. The molecule has 0 radical (unpaired) electrons. The van der Waals surface area contributed by atoms with E-state index in [-0.39, 0.29) is 16.4 Å². The predicted molar refractivity (Wildman–Crippen MR) is 95.3 cm³/mol. The van der Waals surface area contributed by atoms with E-state index in [0.717, 1.165) is 13.2 Å². The average molecular weight is 467 g/mol. The van der Waals surface area contributed by atoms with Gasteiger partial charge in [0.05, 0.1) is 7.11 Å². The van der Waals surface area contributed by atoms with Crippen molar-refractivity contribution in [2.45, 2.75) is 11.8 Å². The van der Waals surface area contributed by atoms with Crippen molar-refractivity contribution in [3.63, 3.8) is 0 Å². The smallest absolute Gasteiger partial charge is 0.441 e. The number of pyridine rings is 1. The molecule has 0 spiro atoms. The van der Waals surface area contributed by atoms with E-state index in [1.54, 1.807) is 5.32 Å². The Bertz CT molecular complexity index is 849. The topological polar surface area (TPSA) is 80.3 Å². The molecule has 0 aliphatic carbocycles. The number of carbonyl (C=O) groups excluding carboxylic acids is 2. The first-order valence-corrected chi connectivity index (χ1v) is 8.39. The van der Waals surface area contributed by atoms with Crippen LogP contribution in [-0.4, -0.2) is 35.8 Å². The number of rotatable bonds is 5. The number of methoxy groups -OCH3 is 1. The van der Waals surface area contributed by atoms with Crippen LogP contribution in [-0.2, 0) is 9.53 Å². The predicted octanol–water partition coefficient (Wildman–Crippen LogP) is 3.77. The molecule has 1 heterocycles. The number of aromatic nitrogens is 1. The molecular formula is C16H12BrClF3N3O3. The number of alkyl halides is 3. The summed E-state index contributed by atoms with van der Waals surface area (Å²) in [7, 11) is 0.769. The van der Waals surface area contributed by atoms with Gasteiger partial charge in [-0.05, 0) is 46.3 Å². The first-order chi connectivity index (χ1) is 12.6. The van der Waals surface area contributed by atoms with Gasteiger partial charge in [-0.1, -0.05) is 17.7 Å². The van der Waals surface area contributed by atoms with Crippen LogP contribution in [0.4, 0.5) is 19.0 Å². The highest BCUT2D eigenvalue weighted by molar-refractivity contribution is 9.10. The van der Waals surface area contributed by atoms with Crippen LogP contribution in [0.15, 0.2) is 47.1 Å². The maximum absolute atomic E-state index is 13.9. The Balaban J connectivity index is 2.48. The summed E-state index contributed by atoms with van der Waals surface area (Å²) in [6, 6.07) is 7.84. The molecule has 1 atom stereocenters. The molecule has 0 bridgehead atoms. The van der Waals surface area contributed by atoms with Crippen molar-refractivity contribution in [3.05, 3.63) is 57.7 Å². The first kappa shape index (κ1) is 21.0. The van der Waals surface area contributed by atoms with E-state index in [0.29, 0.717) is 4.47 Å². The van der Waals surface area contributed by atoms with Gasteiger partial charge in [0, 0.05) is 21.3 Å². The summed E-state index contributed by atoms with van der Waals surface area (Å²) < 4.78 is 46.5. The van der Waals surface area contributed by atoms with Crippen LogP contribution in [0.5, 0.6) is 0 Å². The van der Waals surface area contributed by atoms with Crippen LogP contribution in [0.25, 0.3) is 0 Å². The van der Waals surface area contributed by atoms with Crippen molar-refractivity contribution in [1.82, 2.24) is 10.3 Å². The van der Waals surface area contributed by atoms with Crippen molar-refractivity contribution >= 4 is 45.2 Å². The van der Waals surface area contributed by atoms with E-state index in [4.69, 9.17) is 11.6 Å². The molecule has 1 amide bonds. The number of benzene rings is 1. The van der Waals surface area contributed by atoms with Crippen molar-refractivity contribution in [3.8, 4) is 0 Å². The fraction of sp³-hybridized carbons (Fsp3) is 0.188. The third kappa shape index (κ3) is 4.69. The van der Waals surface area contributed by atoms with Gasteiger partial charge in [0.2, 0.25) is 0 Å². The van der Waals surface area contributed by atoms with E-state index in [1.165, 1.54) is 36.5 Å². The van der Waals surface area contributed by atoms with Gasteiger partial charge >= 0.3 is 17.8 Å². The van der Waals surface area contributed by atoms with E-state index in [9.17, 15) is 22.8 Å². The highest BCUT2D eigenvalue weighted by Gasteiger charge is 2.63. The van der Waals surface area contributed by atoms with Crippen LogP contribution >= 0.6 is 27.5 Å². The zero-order chi connectivity index (χ0) is 20.2. The molecule has 11 heteroatoms. The number of nitrogens with zero attached hydrogens (tertiary/aromatic N) is 1. The Labute approximate surface area is 165 Å².